The van der Waals surface area contributed by atoms with Gasteiger partial charge < -0.3 is 10.1 Å². The maximum absolute atomic E-state index is 12.0. The lowest BCUT2D eigenvalue weighted by atomic mass is 10.2. The summed E-state index contributed by atoms with van der Waals surface area (Å²) in [5.74, 6) is 1.26. The molecule has 1 amide bonds. The molecule has 0 bridgehead atoms. The van der Waals surface area contributed by atoms with Crippen LogP contribution in [0.25, 0.3) is 0 Å². The van der Waals surface area contributed by atoms with Crippen molar-refractivity contribution in [3.05, 3.63) is 54.1 Å². The van der Waals surface area contributed by atoms with Gasteiger partial charge in [0.1, 0.15) is 5.75 Å². The van der Waals surface area contributed by atoms with E-state index in [-0.39, 0.29) is 17.7 Å². The number of amides is 1. The Morgan fingerprint density at radius 3 is 2.71 bits per heavy atom. The number of alkyl halides is 1. The van der Waals surface area contributed by atoms with Crippen molar-refractivity contribution >= 4 is 23.2 Å². The van der Waals surface area contributed by atoms with Crippen LogP contribution in [0.2, 0.25) is 0 Å². The first-order chi connectivity index (χ1) is 10.1. The number of para-hydroxylation sites is 2. The zero-order chi connectivity index (χ0) is 15.2. The van der Waals surface area contributed by atoms with Crippen molar-refractivity contribution in [2.45, 2.75) is 13.8 Å². The highest BCUT2D eigenvalue weighted by Crippen LogP contribution is 2.29. The lowest BCUT2D eigenvalue weighted by molar-refractivity contribution is -0.118. The number of hydrogen-bond donors (Lipinski definition) is 1. The van der Waals surface area contributed by atoms with Gasteiger partial charge in [-0.25, -0.2) is 0 Å². The second kappa shape index (κ2) is 7.14. The van der Waals surface area contributed by atoms with Gasteiger partial charge in [-0.1, -0.05) is 31.2 Å². The van der Waals surface area contributed by atoms with E-state index >= 15 is 0 Å². The number of carbonyl (C=O) groups excluding carboxylic acids is 1. The van der Waals surface area contributed by atoms with Gasteiger partial charge in [-0.05, 0) is 36.8 Å². The minimum atomic E-state index is -0.251. The van der Waals surface area contributed by atoms with Gasteiger partial charge in [0.15, 0.2) is 5.75 Å². The molecule has 2 aromatic rings. The highest BCUT2D eigenvalue weighted by molar-refractivity contribution is 6.19. The van der Waals surface area contributed by atoms with Gasteiger partial charge in [0, 0.05) is 11.8 Å². The van der Waals surface area contributed by atoms with Gasteiger partial charge in [0.25, 0.3) is 0 Å². The molecule has 0 aliphatic heterocycles. The summed E-state index contributed by atoms with van der Waals surface area (Å²) in [7, 11) is 0. The van der Waals surface area contributed by atoms with Crippen LogP contribution < -0.4 is 10.1 Å². The normalized spacial score (nSPS) is 11.8. The third kappa shape index (κ3) is 4.23. The summed E-state index contributed by atoms with van der Waals surface area (Å²) < 4.78 is 5.86. The van der Waals surface area contributed by atoms with E-state index in [1.807, 2.05) is 55.5 Å². The highest BCUT2D eigenvalue weighted by Gasteiger charge is 2.14. The second-order valence-corrected chi connectivity index (χ2v) is 5.27. The molecule has 0 saturated carbocycles. The number of rotatable bonds is 5. The van der Waals surface area contributed by atoms with E-state index < -0.39 is 0 Å². The van der Waals surface area contributed by atoms with E-state index in [1.165, 1.54) is 0 Å². The molecule has 0 spiro atoms. The molecule has 2 rings (SSSR count). The molecule has 1 unspecified atom stereocenters. The monoisotopic (exact) mass is 303 g/mol. The lowest BCUT2D eigenvalue weighted by Gasteiger charge is -2.14. The fourth-order valence-electron chi connectivity index (χ4n) is 1.79. The highest BCUT2D eigenvalue weighted by atomic mass is 35.5. The van der Waals surface area contributed by atoms with E-state index in [0.717, 1.165) is 11.3 Å². The standard InChI is InChI=1S/C17H18ClNO2/c1-12-6-5-7-14(10-12)21-16-9-4-3-8-15(16)19-17(20)13(2)11-18/h3-10,13H,11H2,1-2H3,(H,19,20). The quantitative estimate of drug-likeness (QED) is 0.820. The predicted octanol–water partition coefficient (Wildman–Crippen LogP) is 4.60. The first kappa shape index (κ1) is 15.4. The van der Waals surface area contributed by atoms with Crippen LogP contribution in [0.15, 0.2) is 48.5 Å². The Balaban J connectivity index is 2.19. The molecular weight excluding hydrogens is 286 g/mol. The van der Waals surface area contributed by atoms with Crippen LogP contribution >= 0.6 is 11.6 Å². The number of nitrogens with one attached hydrogen (secondary N) is 1. The van der Waals surface area contributed by atoms with Crippen LogP contribution in [0.5, 0.6) is 11.5 Å². The number of ether oxygens (including phenoxy) is 1. The predicted molar refractivity (Wildman–Crippen MR) is 86.2 cm³/mol. The molecule has 0 heterocycles. The van der Waals surface area contributed by atoms with E-state index in [1.54, 1.807) is 6.92 Å². The lowest BCUT2D eigenvalue weighted by Crippen LogP contribution is -2.21. The molecule has 0 aromatic heterocycles. The zero-order valence-corrected chi connectivity index (χ0v) is 12.9. The zero-order valence-electron chi connectivity index (χ0n) is 12.1. The van der Waals surface area contributed by atoms with Crippen LogP contribution in [0.1, 0.15) is 12.5 Å². The van der Waals surface area contributed by atoms with Crippen molar-refractivity contribution in [1.29, 1.82) is 0 Å². The van der Waals surface area contributed by atoms with Crippen molar-refractivity contribution < 1.29 is 9.53 Å². The Kier molecular flexibility index (Phi) is 5.23. The summed E-state index contributed by atoms with van der Waals surface area (Å²) >= 11 is 5.71. The average Bonchev–Trinajstić information content (AvgIpc) is 2.48. The largest absolute Gasteiger partial charge is 0.455 e. The Hall–Kier alpha value is -2.00. The molecule has 110 valence electrons. The van der Waals surface area contributed by atoms with E-state index in [9.17, 15) is 4.79 Å². The van der Waals surface area contributed by atoms with Gasteiger partial charge in [-0.3, -0.25) is 4.79 Å². The Labute approximate surface area is 129 Å². The van der Waals surface area contributed by atoms with Gasteiger partial charge in [0.05, 0.1) is 5.69 Å². The Morgan fingerprint density at radius 2 is 2.00 bits per heavy atom. The van der Waals surface area contributed by atoms with Crippen molar-refractivity contribution in [2.75, 3.05) is 11.2 Å². The maximum atomic E-state index is 12.0. The third-order valence-electron chi connectivity index (χ3n) is 3.04. The minimum absolute atomic E-state index is 0.120. The molecule has 0 aliphatic rings. The molecule has 21 heavy (non-hydrogen) atoms. The van der Waals surface area contributed by atoms with Crippen LogP contribution in [-0.4, -0.2) is 11.8 Å². The summed E-state index contributed by atoms with van der Waals surface area (Å²) in [6.45, 7) is 3.79. The molecule has 0 radical (unpaired) electrons. The van der Waals surface area contributed by atoms with Gasteiger partial charge in [-0.15, -0.1) is 11.6 Å². The van der Waals surface area contributed by atoms with Crippen LogP contribution in [-0.2, 0) is 4.79 Å². The Bertz CT molecular complexity index is 628. The first-order valence-corrected chi connectivity index (χ1v) is 7.34. The van der Waals surface area contributed by atoms with E-state index in [4.69, 9.17) is 16.3 Å². The topological polar surface area (TPSA) is 38.3 Å². The molecule has 0 saturated heterocycles. The number of carbonyl (C=O) groups is 1. The smallest absolute Gasteiger partial charge is 0.228 e. The van der Waals surface area contributed by atoms with Crippen molar-refractivity contribution in [3.8, 4) is 11.5 Å². The maximum Gasteiger partial charge on any atom is 0.228 e. The average molecular weight is 304 g/mol. The second-order valence-electron chi connectivity index (χ2n) is 4.96. The number of halogens is 1. The van der Waals surface area contributed by atoms with Crippen molar-refractivity contribution in [1.82, 2.24) is 0 Å². The molecule has 1 atom stereocenters. The summed E-state index contributed by atoms with van der Waals surface area (Å²) in [6, 6.07) is 15.1. The first-order valence-electron chi connectivity index (χ1n) is 6.80. The SMILES string of the molecule is Cc1cccc(Oc2ccccc2NC(=O)C(C)CCl)c1. The molecule has 0 fully saturated rings. The molecule has 3 nitrogen and oxygen atoms in total. The number of aryl methyl sites for hydroxylation is 1. The molecular formula is C17H18ClNO2. The fraction of sp³-hybridized carbons (Fsp3) is 0.235. The van der Waals surface area contributed by atoms with Gasteiger partial charge >= 0.3 is 0 Å². The van der Waals surface area contributed by atoms with Crippen molar-refractivity contribution in [2.24, 2.45) is 5.92 Å². The van der Waals surface area contributed by atoms with Gasteiger partial charge in [0.2, 0.25) is 5.91 Å². The van der Waals surface area contributed by atoms with Crippen LogP contribution in [0.3, 0.4) is 0 Å². The van der Waals surface area contributed by atoms with Gasteiger partial charge in [-0.2, -0.15) is 0 Å². The minimum Gasteiger partial charge on any atom is -0.455 e. The van der Waals surface area contributed by atoms with Crippen LogP contribution in [0, 0.1) is 12.8 Å². The summed E-state index contributed by atoms with van der Waals surface area (Å²) in [4.78, 5) is 12.0. The number of anilines is 1. The summed E-state index contributed by atoms with van der Waals surface area (Å²) in [6.07, 6.45) is 0. The number of hydrogen-bond acceptors (Lipinski definition) is 2. The van der Waals surface area contributed by atoms with Crippen LogP contribution in [0.4, 0.5) is 5.69 Å². The van der Waals surface area contributed by atoms with Crippen molar-refractivity contribution in [3.63, 3.8) is 0 Å². The summed E-state index contributed by atoms with van der Waals surface area (Å²) in [5, 5.41) is 2.85. The molecule has 1 N–H and O–H groups in total. The molecule has 0 aliphatic carbocycles. The van der Waals surface area contributed by atoms with E-state index in [0.29, 0.717) is 11.4 Å². The molecule has 2 aromatic carbocycles. The number of benzene rings is 2. The molecule has 4 heteroatoms. The fourth-order valence-corrected chi connectivity index (χ4v) is 1.93. The van der Waals surface area contributed by atoms with E-state index in [2.05, 4.69) is 5.32 Å². The third-order valence-corrected chi connectivity index (χ3v) is 3.50. The Morgan fingerprint density at radius 1 is 1.24 bits per heavy atom. The summed E-state index contributed by atoms with van der Waals surface area (Å²) in [5.41, 5.74) is 1.76.